The van der Waals surface area contributed by atoms with Crippen LogP contribution in [0, 0.1) is 0 Å². The molecular weight excluding hydrogens is 244 g/mol. The summed E-state index contributed by atoms with van der Waals surface area (Å²) in [7, 11) is 1.58. The Kier molecular flexibility index (Phi) is 4.18. The van der Waals surface area contributed by atoms with Crippen LogP contribution in [0.25, 0.3) is 0 Å². The maximum Gasteiger partial charge on any atom is 0.338 e. The number of benzene rings is 1. The molecule has 5 heteroatoms. The van der Waals surface area contributed by atoms with E-state index in [0.29, 0.717) is 17.9 Å². The Morgan fingerprint density at radius 1 is 1.37 bits per heavy atom. The van der Waals surface area contributed by atoms with Crippen LogP contribution >= 0.6 is 0 Å². The van der Waals surface area contributed by atoms with Crippen LogP contribution in [-0.4, -0.2) is 29.0 Å². The molecule has 0 aliphatic heterocycles. The first-order chi connectivity index (χ1) is 9.19. The largest absolute Gasteiger partial charge is 0.497 e. The van der Waals surface area contributed by atoms with E-state index in [9.17, 15) is 4.79 Å². The van der Waals surface area contributed by atoms with Gasteiger partial charge in [-0.3, -0.25) is 4.68 Å². The SMILES string of the molecule is COc1ccc(C(=O)O[C@@H](C)Cn2cccn2)cc1. The molecular formula is C14H16N2O3. The Morgan fingerprint density at radius 3 is 2.68 bits per heavy atom. The van der Waals surface area contributed by atoms with Gasteiger partial charge in [-0.1, -0.05) is 0 Å². The van der Waals surface area contributed by atoms with Gasteiger partial charge in [0.15, 0.2) is 0 Å². The number of rotatable bonds is 5. The van der Waals surface area contributed by atoms with Crippen molar-refractivity contribution in [3.8, 4) is 5.75 Å². The molecule has 1 heterocycles. The van der Waals surface area contributed by atoms with Crippen molar-refractivity contribution >= 4 is 5.97 Å². The minimum Gasteiger partial charge on any atom is -0.497 e. The van der Waals surface area contributed by atoms with Gasteiger partial charge in [0, 0.05) is 12.4 Å². The first kappa shape index (κ1) is 13.1. The molecule has 0 bridgehead atoms. The van der Waals surface area contributed by atoms with Crippen molar-refractivity contribution < 1.29 is 14.3 Å². The molecule has 2 aromatic rings. The standard InChI is InChI=1S/C14H16N2O3/c1-11(10-16-9-3-8-15-16)19-14(17)12-4-6-13(18-2)7-5-12/h3-9,11H,10H2,1-2H3/t11-/m0/s1. The highest BCUT2D eigenvalue weighted by Crippen LogP contribution is 2.13. The first-order valence-corrected chi connectivity index (χ1v) is 6.01. The van der Waals surface area contributed by atoms with Crippen LogP contribution in [0.2, 0.25) is 0 Å². The summed E-state index contributed by atoms with van der Waals surface area (Å²) in [6.07, 6.45) is 3.28. The molecule has 0 N–H and O–H groups in total. The predicted molar refractivity (Wildman–Crippen MR) is 70.1 cm³/mol. The average molecular weight is 260 g/mol. The molecule has 100 valence electrons. The number of methoxy groups -OCH3 is 1. The van der Waals surface area contributed by atoms with E-state index >= 15 is 0 Å². The number of esters is 1. The lowest BCUT2D eigenvalue weighted by Crippen LogP contribution is -2.20. The summed E-state index contributed by atoms with van der Waals surface area (Å²) in [5.74, 6) is 0.364. The molecule has 0 amide bonds. The lowest BCUT2D eigenvalue weighted by atomic mass is 10.2. The maximum absolute atomic E-state index is 11.9. The van der Waals surface area contributed by atoms with E-state index in [2.05, 4.69) is 5.10 Å². The van der Waals surface area contributed by atoms with Gasteiger partial charge in [0.25, 0.3) is 0 Å². The first-order valence-electron chi connectivity index (χ1n) is 6.01. The van der Waals surface area contributed by atoms with Gasteiger partial charge in [0.2, 0.25) is 0 Å². The van der Waals surface area contributed by atoms with E-state index in [-0.39, 0.29) is 12.1 Å². The van der Waals surface area contributed by atoms with Crippen molar-refractivity contribution in [3.63, 3.8) is 0 Å². The lowest BCUT2D eigenvalue weighted by Gasteiger charge is -2.13. The Morgan fingerprint density at radius 2 is 2.11 bits per heavy atom. The molecule has 1 atom stereocenters. The van der Waals surface area contributed by atoms with Crippen LogP contribution in [0.4, 0.5) is 0 Å². The van der Waals surface area contributed by atoms with Gasteiger partial charge < -0.3 is 9.47 Å². The molecule has 0 saturated heterocycles. The third-order valence-electron chi connectivity index (χ3n) is 2.64. The molecule has 0 aliphatic carbocycles. The second kappa shape index (κ2) is 6.04. The summed E-state index contributed by atoms with van der Waals surface area (Å²) in [6, 6.07) is 8.66. The van der Waals surface area contributed by atoms with Crippen molar-refractivity contribution in [2.75, 3.05) is 7.11 Å². The highest BCUT2D eigenvalue weighted by molar-refractivity contribution is 5.89. The fourth-order valence-corrected chi connectivity index (χ4v) is 1.69. The van der Waals surface area contributed by atoms with E-state index in [1.54, 1.807) is 42.3 Å². The number of hydrogen-bond acceptors (Lipinski definition) is 4. The van der Waals surface area contributed by atoms with Gasteiger partial charge in [-0.2, -0.15) is 5.10 Å². The Hall–Kier alpha value is -2.30. The summed E-state index contributed by atoms with van der Waals surface area (Å²) >= 11 is 0. The molecule has 1 aromatic carbocycles. The second-order valence-electron chi connectivity index (χ2n) is 4.17. The minimum absolute atomic E-state index is 0.241. The number of carbonyl (C=O) groups is 1. The van der Waals surface area contributed by atoms with Crippen molar-refractivity contribution in [1.29, 1.82) is 0 Å². The van der Waals surface area contributed by atoms with E-state index in [1.165, 1.54) is 0 Å². The van der Waals surface area contributed by atoms with Crippen LogP contribution in [0.15, 0.2) is 42.7 Å². The average Bonchev–Trinajstić information content (AvgIpc) is 2.91. The lowest BCUT2D eigenvalue weighted by molar-refractivity contribution is 0.0299. The van der Waals surface area contributed by atoms with Crippen molar-refractivity contribution in [2.24, 2.45) is 0 Å². The molecule has 0 spiro atoms. The van der Waals surface area contributed by atoms with Crippen LogP contribution in [0.1, 0.15) is 17.3 Å². The summed E-state index contributed by atoms with van der Waals surface area (Å²) in [6.45, 7) is 2.37. The van der Waals surface area contributed by atoms with E-state index in [4.69, 9.17) is 9.47 Å². The molecule has 2 rings (SSSR count). The zero-order valence-corrected chi connectivity index (χ0v) is 10.9. The monoisotopic (exact) mass is 260 g/mol. The molecule has 0 saturated carbocycles. The number of carbonyl (C=O) groups excluding carboxylic acids is 1. The molecule has 0 radical (unpaired) electrons. The summed E-state index contributed by atoms with van der Waals surface area (Å²) < 4.78 is 12.1. The fraction of sp³-hybridized carbons (Fsp3) is 0.286. The highest BCUT2D eigenvalue weighted by atomic mass is 16.5. The topological polar surface area (TPSA) is 53.4 Å². The van der Waals surface area contributed by atoms with Crippen LogP contribution in [0.3, 0.4) is 0 Å². The predicted octanol–water partition coefficient (Wildman–Crippen LogP) is 2.14. The Labute approximate surface area is 111 Å². The minimum atomic E-state index is -0.345. The van der Waals surface area contributed by atoms with Crippen molar-refractivity contribution in [2.45, 2.75) is 19.6 Å². The third-order valence-corrected chi connectivity index (χ3v) is 2.64. The number of aromatic nitrogens is 2. The van der Waals surface area contributed by atoms with Crippen molar-refractivity contribution in [1.82, 2.24) is 9.78 Å². The van der Waals surface area contributed by atoms with Gasteiger partial charge in [-0.05, 0) is 37.3 Å². The number of hydrogen-bond donors (Lipinski definition) is 0. The fourth-order valence-electron chi connectivity index (χ4n) is 1.69. The van der Waals surface area contributed by atoms with Gasteiger partial charge in [0.1, 0.15) is 11.9 Å². The summed E-state index contributed by atoms with van der Waals surface area (Å²) in [5.41, 5.74) is 0.508. The Balaban J connectivity index is 1.92. The van der Waals surface area contributed by atoms with Crippen molar-refractivity contribution in [3.05, 3.63) is 48.3 Å². The molecule has 0 unspecified atom stereocenters. The van der Waals surface area contributed by atoms with E-state index in [0.717, 1.165) is 0 Å². The zero-order valence-electron chi connectivity index (χ0n) is 10.9. The molecule has 1 aromatic heterocycles. The van der Waals surface area contributed by atoms with Crippen LogP contribution < -0.4 is 4.74 Å². The second-order valence-corrected chi connectivity index (χ2v) is 4.17. The maximum atomic E-state index is 11.9. The molecule has 0 fully saturated rings. The number of ether oxygens (including phenoxy) is 2. The summed E-state index contributed by atoms with van der Waals surface area (Å²) in [5, 5.41) is 4.07. The quantitative estimate of drug-likeness (QED) is 0.773. The summed E-state index contributed by atoms with van der Waals surface area (Å²) in [4.78, 5) is 11.9. The molecule has 5 nitrogen and oxygen atoms in total. The zero-order chi connectivity index (χ0) is 13.7. The molecule has 19 heavy (non-hydrogen) atoms. The van der Waals surface area contributed by atoms with Gasteiger partial charge in [-0.15, -0.1) is 0 Å². The van der Waals surface area contributed by atoms with Crippen LogP contribution in [0.5, 0.6) is 5.75 Å². The highest BCUT2D eigenvalue weighted by Gasteiger charge is 2.12. The van der Waals surface area contributed by atoms with E-state index in [1.807, 2.05) is 19.2 Å². The van der Waals surface area contributed by atoms with Gasteiger partial charge in [0.05, 0.1) is 19.2 Å². The van der Waals surface area contributed by atoms with Gasteiger partial charge >= 0.3 is 5.97 Å². The Bertz CT molecular complexity index is 520. The van der Waals surface area contributed by atoms with E-state index < -0.39 is 0 Å². The normalized spacial score (nSPS) is 11.9. The van der Waals surface area contributed by atoms with Gasteiger partial charge in [-0.25, -0.2) is 4.79 Å². The smallest absolute Gasteiger partial charge is 0.338 e. The van der Waals surface area contributed by atoms with Crippen LogP contribution in [-0.2, 0) is 11.3 Å². The molecule has 0 aliphatic rings. The number of nitrogens with zero attached hydrogens (tertiary/aromatic N) is 2. The third kappa shape index (κ3) is 3.58.